The summed E-state index contributed by atoms with van der Waals surface area (Å²) >= 11 is 0.296. The Bertz CT molecular complexity index is 925. The Morgan fingerprint density at radius 3 is 2.48 bits per heavy atom. The summed E-state index contributed by atoms with van der Waals surface area (Å²) in [7, 11) is 1.57. The Morgan fingerprint density at radius 1 is 1.07 bits per heavy atom. The second-order valence-corrected chi connectivity index (χ2v) is 6.22. The summed E-state index contributed by atoms with van der Waals surface area (Å²) in [6.45, 7) is 0. The van der Waals surface area contributed by atoms with Gasteiger partial charge in [-0.3, -0.25) is 0 Å². The number of benzene rings is 2. The van der Waals surface area contributed by atoms with E-state index in [0.717, 1.165) is 5.56 Å². The quantitative estimate of drug-likeness (QED) is 0.432. The minimum absolute atomic E-state index is 0.0141. The molecule has 3 aromatic rings. The maximum atomic E-state index is 12.8. The Labute approximate surface area is 159 Å². The number of ether oxygens (including phenoxy) is 1. The van der Waals surface area contributed by atoms with Crippen LogP contribution in [-0.4, -0.2) is 34.0 Å². The monoisotopic (exact) mass is 386 g/mol. The number of thioether (sulfide) groups is 1. The number of allylic oxidation sites excluding steroid dienone is 1. The summed E-state index contributed by atoms with van der Waals surface area (Å²) in [5.74, 6) is -1.57. The van der Waals surface area contributed by atoms with Crippen molar-refractivity contribution in [1.29, 1.82) is 0 Å². The highest BCUT2D eigenvalue weighted by Gasteiger charge is 2.17. The average Bonchev–Trinajstić information content (AvgIpc) is 3.08. The van der Waals surface area contributed by atoms with Crippen LogP contribution in [0.15, 0.2) is 70.9 Å². The molecule has 8 heteroatoms. The van der Waals surface area contributed by atoms with Gasteiger partial charge in [0.2, 0.25) is 5.16 Å². The molecule has 1 aromatic heterocycles. The van der Waals surface area contributed by atoms with E-state index in [1.165, 1.54) is 10.9 Å². The molecule has 0 aliphatic heterocycles. The largest absolute Gasteiger partial charge is 0.497 e. The number of nitrogens with zero attached hydrogens (tertiary/aromatic N) is 4. The number of aromatic nitrogens is 3. The van der Waals surface area contributed by atoms with E-state index in [0.29, 0.717) is 28.9 Å². The van der Waals surface area contributed by atoms with Crippen LogP contribution in [-0.2, 0) is 0 Å². The van der Waals surface area contributed by atoms with E-state index in [4.69, 9.17) is 4.74 Å². The topological polar surface area (TPSA) is 52.3 Å². The van der Waals surface area contributed by atoms with Crippen LogP contribution in [0.1, 0.15) is 5.56 Å². The van der Waals surface area contributed by atoms with Crippen LogP contribution in [0.2, 0.25) is 0 Å². The van der Waals surface area contributed by atoms with Gasteiger partial charge in [-0.15, -0.1) is 10.2 Å². The fourth-order valence-corrected chi connectivity index (χ4v) is 2.75. The van der Waals surface area contributed by atoms with Gasteiger partial charge < -0.3 is 4.74 Å². The molecule has 2 aromatic carbocycles. The van der Waals surface area contributed by atoms with Crippen molar-refractivity contribution in [3.63, 3.8) is 0 Å². The van der Waals surface area contributed by atoms with E-state index in [2.05, 4.69) is 15.3 Å². The van der Waals surface area contributed by atoms with Crippen LogP contribution in [0.4, 0.5) is 8.78 Å². The molecule has 1 heterocycles. The molecule has 0 saturated heterocycles. The van der Waals surface area contributed by atoms with E-state index in [-0.39, 0.29) is 5.16 Å². The van der Waals surface area contributed by atoms with Crippen molar-refractivity contribution in [3.8, 4) is 17.1 Å². The number of rotatable bonds is 7. The number of alkyl halides is 2. The summed E-state index contributed by atoms with van der Waals surface area (Å²) in [6, 6.07) is 16.7. The third kappa shape index (κ3) is 5.01. The third-order valence-electron chi connectivity index (χ3n) is 3.51. The molecule has 0 spiro atoms. The highest BCUT2D eigenvalue weighted by molar-refractivity contribution is 7.99. The van der Waals surface area contributed by atoms with Crippen molar-refractivity contribution >= 4 is 24.1 Å². The molecule has 0 aliphatic carbocycles. The van der Waals surface area contributed by atoms with Gasteiger partial charge >= 0.3 is 0 Å². The zero-order chi connectivity index (χ0) is 19.1. The highest BCUT2D eigenvalue weighted by atomic mass is 32.2. The molecule has 0 bridgehead atoms. The number of methoxy groups -OCH3 is 1. The minimum Gasteiger partial charge on any atom is -0.497 e. The molecule has 5 nitrogen and oxygen atoms in total. The van der Waals surface area contributed by atoms with Crippen molar-refractivity contribution in [2.24, 2.45) is 5.10 Å². The van der Waals surface area contributed by atoms with Crippen molar-refractivity contribution < 1.29 is 13.5 Å². The second-order valence-electron chi connectivity index (χ2n) is 5.26. The molecule has 0 radical (unpaired) electrons. The molecular formula is C19H16F2N4OS. The van der Waals surface area contributed by atoms with E-state index in [1.54, 1.807) is 37.5 Å². The molecule has 0 fully saturated rings. The number of hydrogen-bond donors (Lipinski definition) is 0. The lowest BCUT2D eigenvalue weighted by atomic mass is 10.2. The van der Waals surface area contributed by atoms with Crippen LogP contribution in [0.25, 0.3) is 17.5 Å². The SMILES string of the molecule is COc1ccc(-c2nnc(SC(F)F)n2/N=C\C=C\c2ccccc2)cc1. The fourth-order valence-electron chi connectivity index (χ4n) is 2.27. The standard InChI is InChI=1S/C19H16F2N4OS/c1-26-16-11-9-15(10-12-16)17-23-24-19(27-18(20)21)25(17)22-13-5-8-14-6-3-2-4-7-14/h2-13,18H,1H3/b8-5+,22-13-. The van der Waals surface area contributed by atoms with Gasteiger partial charge in [0.1, 0.15) is 5.75 Å². The van der Waals surface area contributed by atoms with Crippen LogP contribution in [0.3, 0.4) is 0 Å². The molecule has 0 N–H and O–H groups in total. The smallest absolute Gasteiger partial charge is 0.291 e. The van der Waals surface area contributed by atoms with Gasteiger partial charge in [-0.2, -0.15) is 18.6 Å². The summed E-state index contributed by atoms with van der Waals surface area (Å²) in [6.07, 6.45) is 5.10. The van der Waals surface area contributed by atoms with Gasteiger partial charge in [-0.05, 0) is 47.7 Å². The molecule has 0 amide bonds. The summed E-state index contributed by atoms with van der Waals surface area (Å²) in [5.41, 5.74) is 1.69. The first kappa shape index (κ1) is 18.8. The average molecular weight is 386 g/mol. The predicted molar refractivity (Wildman–Crippen MR) is 103 cm³/mol. The lowest BCUT2D eigenvalue weighted by molar-refractivity contribution is 0.251. The van der Waals surface area contributed by atoms with Gasteiger partial charge in [-0.25, -0.2) is 0 Å². The number of hydrogen-bond acceptors (Lipinski definition) is 5. The fraction of sp³-hybridized carbons (Fsp3) is 0.105. The van der Waals surface area contributed by atoms with Gasteiger partial charge in [0.25, 0.3) is 5.76 Å². The molecule has 0 unspecified atom stereocenters. The van der Waals surface area contributed by atoms with Crippen LogP contribution < -0.4 is 4.74 Å². The van der Waals surface area contributed by atoms with Crippen LogP contribution in [0, 0.1) is 0 Å². The van der Waals surface area contributed by atoms with E-state index in [9.17, 15) is 8.78 Å². The molecule has 0 saturated carbocycles. The maximum Gasteiger partial charge on any atom is 0.291 e. The summed E-state index contributed by atoms with van der Waals surface area (Å²) < 4.78 is 32.1. The zero-order valence-electron chi connectivity index (χ0n) is 14.4. The van der Waals surface area contributed by atoms with E-state index >= 15 is 0 Å². The van der Waals surface area contributed by atoms with Gasteiger partial charge in [-0.1, -0.05) is 36.4 Å². The molecular weight excluding hydrogens is 370 g/mol. The Kier molecular flexibility index (Phi) is 6.32. The van der Waals surface area contributed by atoms with E-state index < -0.39 is 5.76 Å². The maximum absolute atomic E-state index is 12.8. The Balaban J connectivity index is 1.89. The van der Waals surface area contributed by atoms with Gasteiger partial charge in [0.05, 0.1) is 7.11 Å². The van der Waals surface area contributed by atoms with Gasteiger partial charge in [0, 0.05) is 11.8 Å². The second kappa shape index (κ2) is 9.09. The molecule has 27 heavy (non-hydrogen) atoms. The normalized spacial score (nSPS) is 11.7. The lowest BCUT2D eigenvalue weighted by Crippen LogP contribution is -1.97. The van der Waals surface area contributed by atoms with Crippen LogP contribution >= 0.6 is 11.8 Å². The first-order chi connectivity index (χ1) is 13.2. The molecule has 138 valence electrons. The molecule has 0 aliphatic rings. The van der Waals surface area contributed by atoms with E-state index in [1.807, 2.05) is 36.4 Å². The highest BCUT2D eigenvalue weighted by Crippen LogP contribution is 2.28. The Morgan fingerprint density at radius 2 is 1.81 bits per heavy atom. The number of halogens is 2. The summed E-state index contributed by atoms with van der Waals surface area (Å²) in [4.78, 5) is 0. The first-order valence-corrected chi connectivity index (χ1v) is 8.86. The van der Waals surface area contributed by atoms with Crippen molar-refractivity contribution in [2.45, 2.75) is 10.9 Å². The Hall–Kier alpha value is -3.00. The molecule has 0 atom stereocenters. The summed E-state index contributed by atoms with van der Waals surface area (Å²) in [5, 5.41) is 12.1. The van der Waals surface area contributed by atoms with Crippen molar-refractivity contribution in [1.82, 2.24) is 14.9 Å². The van der Waals surface area contributed by atoms with Crippen LogP contribution in [0.5, 0.6) is 5.75 Å². The third-order valence-corrected chi connectivity index (χ3v) is 4.15. The van der Waals surface area contributed by atoms with Crippen molar-refractivity contribution in [3.05, 3.63) is 66.2 Å². The minimum atomic E-state index is -2.62. The lowest BCUT2D eigenvalue weighted by Gasteiger charge is -2.04. The van der Waals surface area contributed by atoms with Crippen molar-refractivity contribution in [2.75, 3.05) is 7.11 Å². The van der Waals surface area contributed by atoms with Gasteiger partial charge in [0.15, 0.2) is 5.82 Å². The molecule has 3 rings (SSSR count). The first-order valence-electron chi connectivity index (χ1n) is 7.98. The zero-order valence-corrected chi connectivity index (χ0v) is 15.2. The predicted octanol–water partition coefficient (Wildman–Crippen LogP) is 4.82.